The normalized spacial score (nSPS) is 24.1. The number of likely N-dealkylation sites (tertiary alicyclic amines) is 1. The Hall–Kier alpha value is -2.57. The molecule has 0 bridgehead atoms. The molecule has 1 aliphatic carbocycles. The zero-order valence-corrected chi connectivity index (χ0v) is 18.6. The van der Waals surface area contributed by atoms with Gasteiger partial charge in [-0.15, -0.1) is 0 Å². The second-order valence-electron chi connectivity index (χ2n) is 9.13. The van der Waals surface area contributed by atoms with Crippen LogP contribution in [0, 0.1) is 5.92 Å². The molecule has 1 aromatic carbocycles. The predicted molar refractivity (Wildman–Crippen MR) is 117 cm³/mol. The van der Waals surface area contributed by atoms with E-state index in [2.05, 4.69) is 13.8 Å². The number of rotatable bonds is 5. The molecule has 0 N–H and O–H groups in total. The monoisotopic (exact) mass is 427 g/mol. The number of amides is 3. The van der Waals surface area contributed by atoms with Crippen molar-refractivity contribution in [3.63, 3.8) is 0 Å². The first kappa shape index (κ1) is 21.7. The Morgan fingerprint density at radius 2 is 1.45 bits per heavy atom. The van der Waals surface area contributed by atoms with Gasteiger partial charge in [0, 0.05) is 49.7 Å². The van der Waals surface area contributed by atoms with Gasteiger partial charge in [-0.3, -0.25) is 14.4 Å². The van der Waals surface area contributed by atoms with Gasteiger partial charge in [-0.2, -0.15) is 0 Å². The number of piperazine rings is 1. The van der Waals surface area contributed by atoms with Gasteiger partial charge in [-0.25, -0.2) is 0 Å². The number of nitrogens with zero attached hydrogens (tertiary/aromatic N) is 3. The van der Waals surface area contributed by atoms with Gasteiger partial charge >= 0.3 is 0 Å². The van der Waals surface area contributed by atoms with Crippen LogP contribution in [0.25, 0.3) is 0 Å². The van der Waals surface area contributed by atoms with Crippen LogP contribution in [0.4, 0.5) is 0 Å². The molecule has 0 aromatic heterocycles. The van der Waals surface area contributed by atoms with Gasteiger partial charge in [0.05, 0.1) is 0 Å². The first-order valence-electron chi connectivity index (χ1n) is 11.6. The second-order valence-corrected chi connectivity index (χ2v) is 9.13. The summed E-state index contributed by atoms with van der Waals surface area (Å²) in [5, 5.41) is 0. The minimum absolute atomic E-state index is 0.0125. The summed E-state index contributed by atoms with van der Waals surface area (Å²) in [6, 6.07) is 7.48. The number of piperidine rings is 1. The number of ether oxygens (including phenoxy) is 1. The predicted octanol–water partition coefficient (Wildman–Crippen LogP) is 2.55. The summed E-state index contributed by atoms with van der Waals surface area (Å²) < 4.78 is 5.71. The first-order valence-corrected chi connectivity index (χ1v) is 11.6. The summed E-state index contributed by atoms with van der Waals surface area (Å²) in [4.78, 5) is 43.2. The van der Waals surface area contributed by atoms with Crippen LogP contribution in [0.2, 0.25) is 0 Å². The van der Waals surface area contributed by atoms with E-state index < -0.39 is 0 Å². The maximum atomic E-state index is 12.8. The van der Waals surface area contributed by atoms with Gasteiger partial charge < -0.3 is 19.4 Å². The molecule has 2 heterocycles. The highest BCUT2D eigenvalue weighted by atomic mass is 16.5. The largest absolute Gasteiger partial charge is 0.484 e. The van der Waals surface area contributed by atoms with Crippen LogP contribution >= 0.6 is 0 Å². The summed E-state index contributed by atoms with van der Waals surface area (Å²) in [7, 11) is 0. The van der Waals surface area contributed by atoms with Gasteiger partial charge in [0.2, 0.25) is 5.91 Å². The molecule has 0 radical (unpaired) electrons. The van der Waals surface area contributed by atoms with Gasteiger partial charge in [0.15, 0.2) is 6.61 Å². The van der Waals surface area contributed by atoms with E-state index in [1.54, 1.807) is 29.2 Å². The lowest BCUT2D eigenvalue weighted by Crippen LogP contribution is -2.51. The van der Waals surface area contributed by atoms with E-state index in [0.717, 1.165) is 32.1 Å². The number of carbonyl (C=O) groups is 3. The quantitative estimate of drug-likeness (QED) is 0.724. The molecule has 2 unspecified atom stereocenters. The van der Waals surface area contributed by atoms with Crippen LogP contribution in [-0.4, -0.2) is 77.3 Å². The van der Waals surface area contributed by atoms with E-state index in [1.807, 2.05) is 9.80 Å². The van der Waals surface area contributed by atoms with Gasteiger partial charge in [0.1, 0.15) is 5.75 Å². The van der Waals surface area contributed by atoms with E-state index in [4.69, 9.17) is 4.74 Å². The molecule has 2 atom stereocenters. The zero-order valence-electron chi connectivity index (χ0n) is 18.6. The van der Waals surface area contributed by atoms with Crippen LogP contribution in [0.5, 0.6) is 5.75 Å². The van der Waals surface area contributed by atoms with E-state index in [1.165, 1.54) is 0 Å². The standard InChI is InChI=1S/C24H33N3O4/c1-17-4-3-5-18(2)27(17)22(28)16-31-21-10-8-20(9-11-21)24(30)26-14-12-25(13-15-26)23(29)19-6-7-19/h8-11,17-19H,3-7,12-16H2,1-2H3. The van der Waals surface area contributed by atoms with Crippen molar-refractivity contribution in [1.82, 2.24) is 14.7 Å². The Balaban J connectivity index is 1.26. The Morgan fingerprint density at radius 1 is 0.871 bits per heavy atom. The zero-order chi connectivity index (χ0) is 22.0. The Morgan fingerprint density at radius 3 is 2.03 bits per heavy atom. The Bertz CT molecular complexity index is 803. The highest BCUT2D eigenvalue weighted by Gasteiger charge is 2.35. The molecule has 1 aromatic rings. The lowest BCUT2D eigenvalue weighted by molar-refractivity contribution is -0.139. The third-order valence-corrected chi connectivity index (χ3v) is 6.75. The minimum Gasteiger partial charge on any atom is -0.484 e. The third-order valence-electron chi connectivity index (χ3n) is 6.75. The SMILES string of the molecule is CC1CCCC(C)N1C(=O)COc1ccc(C(=O)N2CCN(C(=O)C3CC3)CC2)cc1. The summed E-state index contributed by atoms with van der Waals surface area (Å²) in [5.74, 6) is 1.04. The fourth-order valence-corrected chi connectivity index (χ4v) is 4.73. The first-order chi connectivity index (χ1) is 14.9. The summed E-state index contributed by atoms with van der Waals surface area (Å²) in [6.45, 7) is 6.55. The Labute approximate surface area is 184 Å². The van der Waals surface area contributed by atoms with E-state index in [-0.39, 0.29) is 42.3 Å². The van der Waals surface area contributed by atoms with Crippen LogP contribution in [0.3, 0.4) is 0 Å². The maximum Gasteiger partial charge on any atom is 0.260 e. The lowest BCUT2D eigenvalue weighted by Gasteiger charge is -2.39. The molecule has 2 aliphatic heterocycles. The van der Waals surface area contributed by atoms with Crippen molar-refractivity contribution in [2.45, 2.75) is 58.0 Å². The van der Waals surface area contributed by atoms with Gasteiger partial charge in [-0.1, -0.05) is 0 Å². The molecule has 7 heteroatoms. The maximum absolute atomic E-state index is 12.8. The molecule has 7 nitrogen and oxygen atoms in total. The summed E-state index contributed by atoms with van der Waals surface area (Å²) in [5.41, 5.74) is 0.596. The van der Waals surface area contributed by atoms with Gasteiger partial charge in [-0.05, 0) is 70.2 Å². The molecule has 2 saturated heterocycles. The smallest absolute Gasteiger partial charge is 0.260 e. The van der Waals surface area contributed by atoms with Crippen molar-refractivity contribution in [2.24, 2.45) is 5.92 Å². The highest BCUT2D eigenvalue weighted by molar-refractivity contribution is 5.94. The molecule has 168 valence electrons. The average Bonchev–Trinajstić information content (AvgIpc) is 3.62. The lowest BCUT2D eigenvalue weighted by atomic mass is 9.97. The molecule has 0 spiro atoms. The van der Waals surface area contributed by atoms with E-state index >= 15 is 0 Å². The number of hydrogen-bond donors (Lipinski definition) is 0. The molecule has 31 heavy (non-hydrogen) atoms. The van der Waals surface area contributed by atoms with Gasteiger partial charge in [0.25, 0.3) is 11.8 Å². The van der Waals surface area contributed by atoms with Crippen molar-refractivity contribution in [2.75, 3.05) is 32.8 Å². The summed E-state index contributed by atoms with van der Waals surface area (Å²) >= 11 is 0. The van der Waals surface area contributed by atoms with Crippen LogP contribution in [0.1, 0.15) is 56.3 Å². The summed E-state index contributed by atoms with van der Waals surface area (Å²) in [6.07, 6.45) is 5.25. The number of hydrogen-bond acceptors (Lipinski definition) is 4. The van der Waals surface area contributed by atoms with Crippen molar-refractivity contribution in [3.8, 4) is 5.75 Å². The third kappa shape index (κ3) is 5.02. The Kier molecular flexibility index (Phi) is 6.49. The molecular weight excluding hydrogens is 394 g/mol. The van der Waals surface area contributed by atoms with E-state index in [9.17, 15) is 14.4 Å². The van der Waals surface area contributed by atoms with Crippen molar-refractivity contribution >= 4 is 17.7 Å². The molecule has 4 rings (SSSR count). The average molecular weight is 428 g/mol. The minimum atomic E-state index is -0.0305. The van der Waals surface area contributed by atoms with Crippen molar-refractivity contribution in [1.29, 1.82) is 0 Å². The van der Waals surface area contributed by atoms with Crippen LogP contribution in [-0.2, 0) is 9.59 Å². The van der Waals surface area contributed by atoms with Crippen LogP contribution in [0.15, 0.2) is 24.3 Å². The highest BCUT2D eigenvalue weighted by Crippen LogP contribution is 2.31. The second kappa shape index (κ2) is 9.28. The molecule has 3 aliphatic rings. The number of benzene rings is 1. The van der Waals surface area contributed by atoms with E-state index in [0.29, 0.717) is 37.5 Å². The van der Waals surface area contributed by atoms with Crippen molar-refractivity contribution in [3.05, 3.63) is 29.8 Å². The van der Waals surface area contributed by atoms with Crippen LogP contribution < -0.4 is 4.74 Å². The topological polar surface area (TPSA) is 70.2 Å². The fraction of sp³-hybridized carbons (Fsp3) is 0.625. The molecule has 1 saturated carbocycles. The molecule has 3 amide bonds. The van der Waals surface area contributed by atoms with Crippen molar-refractivity contribution < 1.29 is 19.1 Å². The molecular formula is C24H33N3O4. The molecule has 3 fully saturated rings. The fourth-order valence-electron chi connectivity index (χ4n) is 4.73. The number of carbonyl (C=O) groups excluding carboxylic acids is 3.